The van der Waals surface area contributed by atoms with Gasteiger partial charge in [0.25, 0.3) is 5.56 Å². The molecule has 1 aromatic heterocycles. The molecule has 0 bridgehead atoms. The number of aryl methyl sites for hydroxylation is 2. The first kappa shape index (κ1) is 30.8. The molecule has 0 radical (unpaired) electrons. The molecule has 0 N–H and O–H groups in total. The fourth-order valence-electron chi connectivity index (χ4n) is 5.11. The Morgan fingerprint density at radius 3 is 2.50 bits per heavy atom. The summed E-state index contributed by atoms with van der Waals surface area (Å²) >= 11 is 6.68. The quantitative estimate of drug-likeness (QED) is 0.149. The lowest BCUT2D eigenvalue weighted by Crippen LogP contribution is -2.21. The molecule has 0 fully saturated rings. The van der Waals surface area contributed by atoms with E-state index in [0.29, 0.717) is 52.0 Å². The van der Waals surface area contributed by atoms with Gasteiger partial charge in [-0.3, -0.25) is 4.79 Å². The maximum Gasteiger partial charge on any atom is 0.282 e. The number of fused-ring (bicyclic) bond motifs is 1. The number of para-hydroxylation sites is 1. The van der Waals surface area contributed by atoms with Crippen LogP contribution in [0.25, 0.3) is 22.3 Å². The Bertz CT molecular complexity index is 1910. The average molecular weight is 610 g/mol. The molecule has 0 aliphatic heterocycles. The minimum Gasteiger partial charge on any atom is -0.494 e. The van der Waals surface area contributed by atoms with Crippen LogP contribution in [0.1, 0.15) is 54.5 Å². The highest BCUT2D eigenvalue weighted by Crippen LogP contribution is 2.37. The van der Waals surface area contributed by atoms with E-state index in [1.54, 1.807) is 31.5 Å². The molecular formula is C36H36ClN3O4. The number of hydrogen-bond donors (Lipinski definition) is 0. The number of halogens is 1. The predicted octanol–water partition coefficient (Wildman–Crippen LogP) is 8.33. The van der Waals surface area contributed by atoms with E-state index in [1.165, 1.54) is 4.68 Å². The van der Waals surface area contributed by atoms with Gasteiger partial charge in [0, 0.05) is 5.56 Å². The zero-order chi connectivity index (χ0) is 31.4. The third-order valence-corrected chi connectivity index (χ3v) is 7.59. The van der Waals surface area contributed by atoms with Gasteiger partial charge in [-0.1, -0.05) is 67.4 Å². The predicted molar refractivity (Wildman–Crippen MR) is 178 cm³/mol. The Balaban J connectivity index is 1.59. The molecule has 44 heavy (non-hydrogen) atoms. The van der Waals surface area contributed by atoms with Crippen LogP contribution in [0.2, 0.25) is 5.02 Å². The highest BCUT2D eigenvalue weighted by molar-refractivity contribution is 6.32. The Kier molecular flexibility index (Phi) is 9.35. The van der Waals surface area contributed by atoms with Crippen LogP contribution in [0, 0.1) is 13.8 Å². The molecule has 0 atom stereocenters. The lowest BCUT2D eigenvalue weighted by atomic mass is 9.96. The van der Waals surface area contributed by atoms with Crippen LogP contribution in [0.15, 0.2) is 82.7 Å². The van der Waals surface area contributed by atoms with Gasteiger partial charge in [0.05, 0.1) is 35.9 Å². The van der Waals surface area contributed by atoms with Crippen molar-refractivity contribution in [2.45, 2.75) is 47.1 Å². The number of hydrogen-bond acceptors (Lipinski definition) is 6. The summed E-state index contributed by atoms with van der Waals surface area (Å²) in [5.74, 6) is 2.35. The largest absolute Gasteiger partial charge is 0.494 e. The first-order chi connectivity index (χ1) is 21.2. The lowest BCUT2D eigenvalue weighted by Gasteiger charge is -2.18. The van der Waals surface area contributed by atoms with E-state index in [-0.39, 0.29) is 11.5 Å². The number of methoxy groups -OCH3 is 1. The van der Waals surface area contributed by atoms with Gasteiger partial charge in [-0.25, -0.2) is 4.98 Å². The molecule has 8 heteroatoms. The summed E-state index contributed by atoms with van der Waals surface area (Å²) in [6.45, 7) is 11.1. The summed E-state index contributed by atoms with van der Waals surface area (Å²) in [6.07, 6.45) is 1.58. The minimum absolute atomic E-state index is 0.196. The summed E-state index contributed by atoms with van der Waals surface area (Å²) in [7, 11) is 1.56. The van der Waals surface area contributed by atoms with E-state index in [4.69, 9.17) is 30.8 Å². The van der Waals surface area contributed by atoms with Gasteiger partial charge in [0.1, 0.15) is 12.4 Å². The Morgan fingerprint density at radius 1 is 0.977 bits per heavy atom. The van der Waals surface area contributed by atoms with Crippen LogP contribution < -0.4 is 19.8 Å². The summed E-state index contributed by atoms with van der Waals surface area (Å²) in [4.78, 5) is 18.8. The van der Waals surface area contributed by atoms with Crippen LogP contribution in [0.3, 0.4) is 0 Å². The molecule has 5 rings (SSSR count). The van der Waals surface area contributed by atoms with Crippen molar-refractivity contribution in [3.63, 3.8) is 0 Å². The third-order valence-electron chi connectivity index (χ3n) is 7.31. The van der Waals surface area contributed by atoms with Crippen molar-refractivity contribution < 1.29 is 14.2 Å². The Hall–Kier alpha value is -4.62. The van der Waals surface area contributed by atoms with Gasteiger partial charge >= 0.3 is 0 Å². The second-order valence-electron chi connectivity index (χ2n) is 10.9. The average Bonchev–Trinajstić information content (AvgIpc) is 3.00. The molecular weight excluding hydrogens is 574 g/mol. The molecule has 0 saturated carbocycles. The SMILES string of the molecule is CCOc1cc(C)c(-c2nc3ccccc3c(=O)n2N=Cc2cc(Cl)c(OCc3cccc(C)c3)c(OC)c2)cc1C(C)C. The standard InChI is InChI=1S/C36H36ClN3O4/c1-7-43-32-16-24(5)29(19-28(32)22(2)3)35-39-31-14-9-8-13-27(31)36(41)40(35)38-20-26-17-30(37)34(33(18-26)42-6)44-21-25-12-10-11-23(4)15-25/h8-20,22H,7,21H2,1-6H3. The fourth-order valence-corrected chi connectivity index (χ4v) is 5.39. The van der Waals surface area contributed by atoms with E-state index in [0.717, 1.165) is 33.6 Å². The smallest absolute Gasteiger partial charge is 0.282 e. The van der Waals surface area contributed by atoms with E-state index in [9.17, 15) is 4.79 Å². The molecule has 7 nitrogen and oxygen atoms in total. The summed E-state index contributed by atoms with van der Waals surface area (Å²) in [6, 6.07) is 22.9. The number of ether oxygens (including phenoxy) is 3. The molecule has 5 aromatic rings. The van der Waals surface area contributed by atoms with Crippen molar-refractivity contribution in [2.24, 2.45) is 5.10 Å². The second kappa shape index (κ2) is 13.3. The molecule has 0 aliphatic rings. The van der Waals surface area contributed by atoms with Gasteiger partial charge in [0.15, 0.2) is 17.3 Å². The van der Waals surface area contributed by atoms with Gasteiger partial charge in [-0.05, 0) is 85.3 Å². The molecule has 0 unspecified atom stereocenters. The zero-order valence-corrected chi connectivity index (χ0v) is 26.6. The maximum atomic E-state index is 13.8. The Morgan fingerprint density at radius 2 is 1.77 bits per heavy atom. The van der Waals surface area contributed by atoms with E-state index in [2.05, 4.69) is 25.0 Å². The van der Waals surface area contributed by atoms with Crippen LogP contribution in [-0.2, 0) is 6.61 Å². The third kappa shape index (κ3) is 6.48. The Labute approximate surface area is 262 Å². The van der Waals surface area contributed by atoms with Crippen molar-refractivity contribution in [2.75, 3.05) is 13.7 Å². The lowest BCUT2D eigenvalue weighted by molar-refractivity contribution is 0.284. The first-order valence-electron chi connectivity index (χ1n) is 14.6. The monoisotopic (exact) mass is 609 g/mol. The van der Waals surface area contributed by atoms with Crippen molar-refractivity contribution >= 4 is 28.7 Å². The van der Waals surface area contributed by atoms with E-state index >= 15 is 0 Å². The number of rotatable bonds is 10. The van der Waals surface area contributed by atoms with E-state index in [1.807, 2.05) is 69.3 Å². The van der Waals surface area contributed by atoms with Gasteiger partial charge in [0.2, 0.25) is 0 Å². The number of nitrogens with zero attached hydrogens (tertiary/aromatic N) is 3. The summed E-state index contributed by atoms with van der Waals surface area (Å²) in [5, 5.41) is 5.49. The summed E-state index contributed by atoms with van der Waals surface area (Å²) in [5.41, 5.74) is 5.87. The van der Waals surface area contributed by atoms with E-state index < -0.39 is 0 Å². The highest BCUT2D eigenvalue weighted by atomic mass is 35.5. The van der Waals surface area contributed by atoms with Crippen molar-refractivity contribution in [1.82, 2.24) is 9.66 Å². The van der Waals surface area contributed by atoms with Crippen molar-refractivity contribution in [1.29, 1.82) is 0 Å². The van der Waals surface area contributed by atoms with Gasteiger partial charge in [-0.15, -0.1) is 0 Å². The van der Waals surface area contributed by atoms with Crippen LogP contribution in [0.5, 0.6) is 17.2 Å². The zero-order valence-electron chi connectivity index (χ0n) is 25.8. The first-order valence-corrected chi connectivity index (χ1v) is 15.0. The highest BCUT2D eigenvalue weighted by Gasteiger charge is 2.19. The van der Waals surface area contributed by atoms with Crippen LogP contribution >= 0.6 is 11.6 Å². The van der Waals surface area contributed by atoms with Crippen molar-refractivity contribution in [3.05, 3.63) is 116 Å². The number of aromatic nitrogens is 2. The summed E-state index contributed by atoms with van der Waals surface area (Å²) < 4.78 is 19.0. The number of benzene rings is 4. The van der Waals surface area contributed by atoms with Crippen LogP contribution in [-0.4, -0.2) is 29.6 Å². The molecule has 0 aliphatic carbocycles. The molecule has 1 heterocycles. The molecule has 0 saturated heterocycles. The fraction of sp³-hybridized carbons (Fsp3) is 0.250. The van der Waals surface area contributed by atoms with Gasteiger partial charge < -0.3 is 14.2 Å². The van der Waals surface area contributed by atoms with Gasteiger partial charge in [-0.2, -0.15) is 9.78 Å². The van der Waals surface area contributed by atoms with Crippen LogP contribution in [0.4, 0.5) is 0 Å². The molecule has 226 valence electrons. The minimum atomic E-state index is -0.280. The van der Waals surface area contributed by atoms with Crippen molar-refractivity contribution in [3.8, 4) is 28.6 Å². The molecule has 0 amide bonds. The second-order valence-corrected chi connectivity index (χ2v) is 11.3. The molecule has 0 spiro atoms. The topological polar surface area (TPSA) is 74.9 Å². The maximum absolute atomic E-state index is 13.8. The molecule has 4 aromatic carbocycles. The normalized spacial score (nSPS) is 11.5.